The Kier molecular flexibility index (Phi) is 4.44. The molecule has 1 aromatic carbocycles. The number of hydrogen-bond acceptors (Lipinski definition) is 4. The number of ether oxygens (including phenoxy) is 1. The van der Waals surface area contributed by atoms with E-state index < -0.39 is 23.0 Å². The highest BCUT2D eigenvalue weighted by atomic mass is 19.1. The Morgan fingerprint density at radius 3 is 2.53 bits per heavy atom. The Morgan fingerprint density at radius 2 is 2.05 bits per heavy atom. The smallest absolute Gasteiger partial charge is 0.251 e. The highest BCUT2D eigenvalue weighted by Crippen LogP contribution is 2.21. The van der Waals surface area contributed by atoms with Crippen molar-refractivity contribution in [2.75, 3.05) is 6.61 Å². The average molecular weight is 269 g/mol. The van der Waals surface area contributed by atoms with E-state index in [1.54, 1.807) is 13.8 Å². The van der Waals surface area contributed by atoms with Gasteiger partial charge in [-0.2, -0.15) is 0 Å². The van der Waals surface area contributed by atoms with Crippen molar-refractivity contribution in [3.05, 3.63) is 29.6 Å². The van der Waals surface area contributed by atoms with Gasteiger partial charge >= 0.3 is 0 Å². The molecule has 0 spiro atoms. The molecule has 0 aliphatic heterocycles. The lowest BCUT2D eigenvalue weighted by atomic mass is 9.94. The van der Waals surface area contributed by atoms with Crippen LogP contribution in [0.15, 0.2) is 18.2 Å². The monoisotopic (exact) mass is 269 g/mol. The lowest BCUT2D eigenvalue weighted by Crippen LogP contribution is -2.44. The van der Waals surface area contributed by atoms with Gasteiger partial charge < -0.3 is 10.5 Å². The van der Waals surface area contributed by atoms with E-state index in [1.165, 1.54) is 12.1 Å². The number of carbonyl (C=O) groups excluding carboxylic acids is 2. The molecule has 0 aromatic heterocycles. The number of primary amides is 1. The molecule has 0 saturated carbocycles. The number of halogens is 1. The molecule has 0 saturated heterocycles. The molecule has 19 heavy (non-hydrogen) atoms. The summed E-state index contributed by atoms with van der Waals surface area (Å²) in [5.41, 5.74) is 5.92. The minimum Gasteiger partial charge on any atom is -0.492 e. The van der Waals surface area contributed by atoms with Crippen LogP contribution in [0.5, 0.6) is 5.75 Å². The first-order valence-electron chi connectivity index (χ1n) is 5.51. The average Bonchev–Trinajstić information content (AvgIpc) is 2.35. The van der Waals surface area contributed by atoms with E-state index in [-0.39, 0.29) is 17.9 Å². The number of hydrogen-bond donors (Lipinski definition) is 3. The molecule has 6 nitrogen and oxygen atoms in total. The fraction of sp³-hybridized carbons (Fsp3) is 0.333. The Labute approximate surface area is 109 Å². The molecule has 1 aromatic rings. The van der Waals surface area contributed by atoms with Crippen LogP contribution in [0.2, 0.25) is 0 Å². The molecule has 0 bridgehead atoms. The van der Waals surface area contributed by atoms with Gasteiger partial charge in [0, 0.05) is 6.07 Å². The number of nitrogens with two attached hydrogens (primary N) is 2. The second kappa shape index (κ2) is 5.66. The van der Waals surface area contributed by atoms with Crippen molar-refractivity contribution in [2.45, 2.75) is 13.8 Å². The van der Waals surface area contributed by atoms with Gasteiger partial charge in [-0.15, -0.1) is 0 Å². The van der Waals surface area contributed by atoms with Gasteiger partial charge in [0.1, 0.15) is 18.2 Å². The highest BCUT2D eigenvalue weighted by Gasteiger charge is 2.28. The van der Waals surface area contributed by atoms with Crippen molar-refractivity contribution in [1.29, 1.82) is 0 Å². The van der Waals surface area contributed by atoms with Crippen molar-refractivity contribution in [3.63, 3.8) is 0 Å². The molecule has 2 amide bonds. The Hall–Kier alpha value is -2.15. The molecule has 0 unspecified atom stereocenters. The van der Waals surface area contributed by atoms with Gasteiger partial charge in [0.25, 0.3) is 5.91 Å². The lowest BCUT2D eigenvalue weighted by Gasteiger charge is -2.22. The molecule has 7 heteroatoms. The van der Waals surface area contributed by atoms with Gasteiger partial charge in [0.15, 0.2) is 0 Å². The van der Waals surface area contributed by atoms with Crippen LogP contribution in [-0.4, -0.2) is 18.4 Å². The molecular formula is C12H16FN3O3. The molecule has 0 radical (unpaired) electrons. The molecule has 0 aliphatic carbocycles. The molecule has 0 aliphatic rings. The van der Waals surface area contributed by atoms with E-state index in [1.807, 2.05) is 5.43 Å². The fourth-order valence-corrected chi connectivity index (χ4v) is 1.31. The van der Waals surface area contributed by atoms with Crippen LogP contribution in [-0.2, 0) is 4.79 Å². The molecular weight excluding hydrogens is 253 g/mol. The number of hydrazine groups is 1. The van der Waals surface area contributed by atoms with Crippen LogP contribution in [0, 0.1) is 11.2 Å². The van der Waals surface area contributed by atoms with E-state index in [2.05, 4.69) is 0 Å². The van der Waals surface area contributed by atoms with E-state index in [9.17, 15) is 14.0 Å². The van der Waals surface area contributed by atoms with Crippen molar-refractivity contribution < 1.29 is 18.7 Å². The van der Waals surface area contributed by atoms with Crippen molar-refractivity contribution in [2.24, 2.45) is 17.0 Å². The Balaban J connectivity index is 2.77. The maximum Gasteiger partial charge on any atom is 0.251 e. The SMILES string of the molecule is CC(C)(COc1ccc(C(N)=O)c(F)c1)C(=O)NN. The Bertz CT molecular complexity index is 503. The standard InChI is InChI=1S/C12H16FN3O3/c1-12(2,11(18)16-15)6-19-7-3-4-8(10(14)17)9(13)5-7/h3-5H,6,15H2,1-2H3,(H2,14,17)(H,16,18). The summed E-state index contributed by atoms with van der Waals surface area (Å²) in [6, 6.07) is 3.67. The van der Waals surface area contributed by atoms with Gasteiger partial charge in [-0.3, -0.25) is 15.0 Å². The molecule has 1 rings (SSSR count). The summed E-state index contributed by atoms with van der Waals surface area (Å²) in [5, 5.41) is 0. The van der Waals surface area contributed by atoms with E-state index in [4.69, 9.17) is 16.3 Å². The number of benzene rings is 1. The summed E-state index contributed by atoms with van der Waals surface area (Å²) in [6.07, 6.45) is 0. The van der Waals surface area contributed by atoms with E-state index in [0.717, 1.165) is 6.07 Å². The van der Waals surface area contributed by atoms with Crippen molar-refractivity contribution in [3.8, 4) is 5.75 Å². The predicted octanol–water partition coefficient (Wildman–Crippen LogP) is 0.320. The quantitative estimate of drug-likeness (QED) is 0.406. The first kappa shape index (κ1) is 14.9. The second-order valence-electron chi connectivity index (χ2n) is 4.65. The number of rotatable bonds is 5. The Morgan fingerprint density at radius 1 is 1.42 bits per heavy atom. The van der Waals surface area contributed by atoms with Gasteiger partial charge in [0.05, 0.1) is 11.0 Å². The zero-order chi connectivity index (χ0) is 14.6. The normalized spacial score (nSPS) is 10.9. The molecule has 104 valence electrons. The van der Waals surface area contributed by atoms with E-state index >= 15 is 0 Å². The first-order chi connectivity index (χ1) is 8.77. The third-order valence-corrected chi connectivity index (χ3v) is 2.55. The lowest BCUT2D eigenvalue weighted by molar-refractivity contribution is -0.130. The van der Waals surface area contributed by atoms with Gasteiger partial charge in [-0.1, -0.05) is 0 Å². The molecule has 0 fully saturated rings. The van der Waals surface area contributed by atoms with Crippen LogP contribution in [0.25, 0.3) is 0 Å². The van der Waals surface area contributed by atoms with Gasteiger partial charge in [-0.05, 0) is 26.0 Å². The largest absolute Gasteiger partial charge is 0.492 e. The molecule has 0 heterocycles. The summed E-state index contributed by atoms with van der Waals surface area (Å²) in [5.74, 6) is 3.20. The topological polar surface area (TPSA) is 107 Å². The highest BCUT2D eigenvalue weighted by molar-refractivity contribution is 5.93. The summed E-state index contributed by atoms with van der Waals surface area (Å²) in [7, 11) is 0. The number of amides is 2. The number of nitrogens with one attached hydrogen (secondary N) is 1. The predicted molar refractivity (Wildman–Crippen MR) is 66.5 cm³/mol. The zero-order valence-corrected chi connectivity index (χ0v) is 10.7. The second-order valence-corrected chi connectivity index (χ2v) is 4.65. The van der Waals surface area contributed by atoms with E-state index in [0.29, 0.717) is 0 Å². The van der Waals surface area contributed by atoms with Crippen molar-refractivity contribution in [1.82, 2.24) is 5.43 Å². The van der Waals surface area contributed by atoms with Crippen LogP contribution < -0.4 is 21.7 Å². The van der Waals surface area contributed by atoms with Crippen LogP contribution in [0.3, 0.4) is 0 Å². The maximum absolute atomic E-state index is 13.5. The fourth-order valence-electron chi connectivity index (χ4n) is 1.31. The number of carbonyl (C=O) groups is 2. The van der Waals surface area contributed by atoms with Crippen LogP contribution >= 0.6 is 0 Å². The third kappa shape index (κ3) is 3.65. The minimum absolute atomic E-state index is 0.00535. The zero-order valence-electron chi connectivity index (χ0n) is 10.7. The van der Waals surface area contributed by atoms with Crippen LogP contribution in [0.4, 0.5) is 4.39 Å². The van der Waals surface area contributed by atoms with Gasteiger partial charge in [0.2, 0.25) is 5.91 Å². The molecule has 5 N–H and O–H groups in total. The minimum atomic E-state index is -0.867. The third-order valence-electron chi connectivity index (χ3n) is 2.55. The summed E-state index contributed by atoms with van der Waals surface area (Å²) in [6.45, 7) is 3.26. The molecule has 0 atom stereocenters. The van der Waals surface area contributed by atoms with Crippen molar-refractivity contribution >= 4 is 11.8 Å². The summed E-state index contributed by atoms with van der Waals surface area (Å²) >= 11 is 0. The van der Waals surface area contributed by atoms with Crippen LogP contribution in [0.1, 0.15) is 24.2 Å². The summed E-state index contributed by atoms with van der Waals surface area (Å²) < 4.78 is 18.8. The van der Waals surface area contributed by atoms with Gasteiger partial charge in [-0.25, -0.2) is 10.2 Å². The maximum atomic E-state index is 13.5. The first-order valence-corrected chi connectivity index (χ1v) is 5.51. The summed E-state index contributed by atoms with van der Waals surface area (Å²) in [4.78, 5) is 22.3.